The molecular formula is C17H19N7O. The van der Waals surface area contributed by atoms with E-state index in [1.54, 1.807) is 10.9 Å². The van der Waals surface area contributed by atoms with Gasteiger partial charge in [-0.25, -0.2) is 4.79 Å². The molecule has 0 aliphatic heterocycles. The van der Waals surface area contributed by atoms with Gasteiger partial charge in [0.05, 0.1) is 29.8 Å². The molecule has 8 nitrogen and oxygen atoms in total. The lowest BCUT2D eigenvalue weighted by atomic mass is 10.3. The first-order valence-electron chi connectivity index (χ1n) is 8.38. The predicted molar refractivity (Wildman–Crippen MR) is 93.7 cm³/mol. The molecule has 1 aliphatic carbocycles. The number of nitrogens with zero attached hydrogens (tertiary/aromatic N) is 5. The van der Waals surface area contributed by atoms with E-state index in [1.807, 2.05) is 41.2 Å². The molecule has 2 aromatic heterocycles. The summed E-state index contributed by atoms with van der Waals surface area (Å²) >= 11 is 0. The van der Waals surface area contributed by atoms with Gasteiger partial charge in [-0.1, -0.05) is 36.3 Å². The second-order valence-electron chi connectivity index (χ2n) is 6.09. The summed E-state index contributed by atoms with van der Waals surface area (Å²) in [5, 5.41) is 17.8. The van der Waals surface area contributed by atoms with Crippen LogP contribution < -0.4 is 10.6 Å². The van der Waals surface area contributed by atoms with E-state index >= 15 is 0 Å². The Bertz CT molecular complexity index is 849. The molecule has 0 saturated heterocycles. The highest BCUT2D eigenvalue weighted by Gasteiger charge is 2.18. The first-order valence-corrected chi connectivity index (χ1v) is 8.38. The van der Waals surface area contributed by atoms with E-state index in [2.05, 4.69) is 26.0 Å². The zero-order valence-electron chi connectivity index (χ0n) is 13.7. The fraction of sp³-hybridized carbons (Fsp3) is 0.294. The van der Waals surface area contributed by atoms with E-state index in [9.17, 15) is 4.79 Å². The molecule has 2 amide bonds. The molecule has 2 N–H and O–H groups in total. The Morgan fingerprint density at radius 1 is 1.08 bits per heavy atom. The van der Waals surface area contributed by atoms with Crippen molar-refractivity contribution in [2.45, 2.75) is 31.7 Å². The van der Waals surface area contributed by atoms with Crippen molar-refractivity contribution < 1.29 is 4.79 Å². The van der Waals surface area contributed by atoms with E-state index in [1.165, 1.54) is 19.0 Å². The molecule has 8 heteroatoms. The molecule has 0 spiro atoms. The van der Waals surface area contributed by atoms with Gasteiger partial charge < -0.3 is 5.32 Å². The van der Waals surface area contributed by atoms with Crippen LogP contribution in [-0.2, 0) is 0 Å². The van der Waals surface area contributed by atoms with Crippen molar-refractivity contribution in [3.05, 3.63) is 48.9 Å². The van der Waals surface area contributed by atoms with E-state index in [0.717, 1.165) is 18.5 Å². The number of urea groups is 1. The van der Waals surface area contributed by atoms with Crippen LogP contribution in [0.5, 0.6) is 0 Å². The second-order valence-corrected chi connectivity index (χ2v) is 6.09. The van der Waals surface area contributed by atoms with Crippen molar-refractivity contribution in [2.24, 2.45) is 0 Å². The van der Waals surface area contributed by atoms with Crippen molar-refractivity contribution >= 4 is 17.5 Å². The predicted octanol–water partition coefficient (Wildman–Crippen LogP) is 3.22. The minimum absolute atomic E-state index is 0.356. The second kappa shape index (κ2) is 6.76. The molecule has 0 unspecified atom stereocenters. The number of anilines is 2. The first kappa shape index (κ1) is 15.4. The van der Waals surface area contributed by atoms with Crippen LogP contribution >= 0.6 is 0 Å². The molecule has 0 bridgehead atoms. The average molecular weight is 337 g/mol. The van der Waals surface area contributed by atoms with Gasteiger partial charge in [0.15, 0.2) is 5.82 Å². The topological polar surface area (TPSA) is 89.7 Å². The number of rotatable bonds is 4. The fourth-order valence-corrected chi connectivity index (χ4v) is 3.13. The highest BCUT2D eigenvalue weighted by Crippen LogP contribution is 2.29. The summed E-state index contributed by atoms with van der Waals surface area (Å²) in [6.07, 6.45) is 9.83. The molecule has 128 valence electrons. The van der Waals surface area contributed by atoms with Gasteiger partial charge >= 0.3 is 6.03 Å². The fourth-order valence-electron chi connectivity index (χ4n) is 3.13. The summed E-state index contributed by atoms with van der Waals surface area (Å²) in [7, 11) is 0. The van der Waals surface area contributed by atoms with E-state index in [4.69, 9.17) is 0 Å². The quantitative estimate of drug-likeness (QED) is 0.765. The van der Waals surface area contributed by atoms with Crippen molar-refractivity contribution in [3.63, 3.8) is 0 Å². The number of aromatic nitrogens is 5. The van der Waals surface area contributed by atoms with Gasteiger partial charge in [-0.3, -0.25) is 10.00 Å². The molecule has 0 atom stereocenters. The third-order valence-electron chi connectivity index (χ3n) is 4.35. The summed E-state index contributed by atoms with van der Waals surface area (Å²) in [6, 6.07) is 9.60. The molecule has 25 heavy (non-hydrogen) atoms. The number of carbonyl (C=O) groups excluding carboxylic acids is 1. The Morgan fingerprint density at radius 3 is 2.68 bits per heavy atom. The smallest absolute Gasteiger partial charge is 0.305 e. The standard InChI is InChI=1S/C17H19N7O/c25-17(20-13-10-19-23(12-13)14-6-4-5-7-14)21-16-11-18-22-24(16)15-8-2-1-3-9-15/h1-3,8-12,14H,4-7H2,(H2,20,21,25). The monoisotopic (exact) mass is 337 g/mol. The third-order valence-corrected chi connectivity index (χ3v) is 4.35. The van der Waals surface area contributed by atoms with Crippen molar-refractivity contribution in [1.82, 2.24) is 24.8 Å². The largest absolute Gasteiger partial charge is 0.324 e. The number of hydrogen-bond acceptors (Lipinski definition) is 4. The lowest BCUT2D eigenvalue weighted by Gasteiger charge is -2.09. The summed E-state index contributed by atoms with van der Waals surface area (Å²) in [4.78, 5) is 12.3. The van der Waals surface area contributed by atoms with Gasteiger partial charge in [0.25, 0.3) is 0 Å². The number of hydrogen-bond donors (Lipinski definition) is 2. The molecule has 0 radical (unpaired) electrons. The van der Waals surface area contributed by atoms with Crippen molar-refractivity contribution in [3.8, 4) is 5.69 Å². The highest BCUT2D eigenvalue weighted by molar-refractivity contribution is 5.99. The van der Waals surface area contributed by atoms with Crippen LogP contribution in [0.1, 0.15) is 31.7 Å². The number of nitrogens with one attached hydrogen (secondary N) is 2. The van der Waals surface area contributed by atoms with Crippen molar-refractivity contribution in [2.75, 3.05) is 10.6 Å². The van der Waals surface area contributed by atoms with Gasteiger partial charge in [0.2, 0.25) is 0 Å². The van der Waals surface area contributed by atoms with Crippen LogP contribution in [-0.4, -0.2) is 30.8 Å². The SMILES string of the molecule is O=C(Nc1cnn(C2CCCC2)c1)Nc1cnnn1-c1ccccc1. The number of para-hydroxylation sites is 1. The Kier molecular flexibility index (Phi) is 4.16. The summed E-state index contributed by atoms with van der Waals surface area (Å²) in [5.41, 5.74) is 1.49. The first-order chi connectivity index (χ1) is 12.3. The van der Waals surface area contributed by atoms with Crippen LogP contribution in [0, 0.1) is 0 Å². The molecule has 2 heterocycles. The van der Waals surface area contributed by atoms with Crippen LogP contribution in [0.4, 0.5) is 16.3 Å². The van der Waals surface area contributed by atoms with Gasteiger partial charge in [-0.2, -0.15) is 9.78 Å². The van der Waals surface area contributed by atoms with Gasteiger partial charge in [-0.15, -0.1) is 5.10 Å². The summed E-state index contributed by atoms with van der Waals surface area (Å²) < 4.78 is 3.51. The third kappa shape index (κ3) is 3.37. The maximum Gasteiger partial charge on any atom is 0.324 e. The van der Waals surface area contributed by atoms with E-state index < -0.39 is 0 Å². The Balaban J connectivity index is 1.42. The van der Waals surface area contributed by atoms with Gasteiger partial charge in [0, 0.05) is 6.20 Å². The van der Waals surface area contributed by atoms with Crippen LogP contribution in [0.15, 0.2) is 48.9 Å². The molecule has 1 saturated carbocycles. The highest BCUT2D eigenvalue weighted by atomic mass is 16.2. The molecule has 1 aromatic carbocycles. The molecule has 3 aromatic rings. The van der Waals surface area contributed by atoms with Crippen LogP contribution in [0.25, 0.3) is 5.69 Å². The molecule has 1 fully saturated rings. The molecule has 4 rings (SSSR count). The normalized spacial score (nSPS) is 14.6. The lowest BCUT2D eigenvalue weighted by molar-refractivity contribution is 0.262. The van der Waals surface area contributed by atoms with Crippen LogP contribution in [0.3, 0.4) is 0 Å². The summed E-state index contributed by atoms with van der Waals surface area (Å²) in [5.74, 6) is 0.492. The number of benzene rings is 1. The molecule has 1 aliphatic rings. The Labute approximate surface area is 144 Å². The molecular weight excluding hydrogens is 318 g/mol. The maximum atomic E-state index is 12.3. The zero-order chi connectivity index (χ0) is 17.1. The van der Waals surface area contributed by atoms with Gasteiger partial charge in [0.1, 0.15) is 0 Å². The Hall–Kier alpha value is -3.16. The summed E-state index contributed by atoms with van der Waals surface area (Å²) in [6.45, 7) is 0. The van der Waals surface area contributed by atoms with E-state index in [0.29, 0.717) is 17.5 Å². The maximum absolute atomic E-state index is 12.3. The lowest BCUT2D eigenvalue weighted by Crippen LogP contribution is -2.21. The van der Waals surface area contributed by atoms with Crippen LogP contribution in [0.2, 0.25) is 0 Å². The van der Waals surface area contributed by atoms with E-state index in [-0.39, 0.29) is 6.03 Å². The minimum Gasteiger partial charge on any atom is -0.305 e. The van der Waals surface area contributed by atoms with Crippen molar-refractivity contribution in [1.29, 1.82) is 0 Å². The number of carbonyl (C=O) groups is 1. The minimum atomic E-state index is -0.356. The average Bonchev–Trinajstić information content (AvgIpc) is 3.37. The Morgan fingerprint density at radius 2 is 1.88 bits per heavy atom. The van der Waals surface area contributed by atoms with Gasteiger partial charge in [-0.05, 0) is 25.0 Å². The number of amides is 2. The zero-order valence-corrected chi connectivity index (χ0v) is 13.7.